The van der Waals surface area contributed by atoms with Gasteiger partial charge in [-0.25, -0.2) is 0 Å². The van der Waals surface area contributed by atoms with Gasteiger partial charge >= 0.3 is 0 Å². The van der Waals surface area contributed by atoms with Gasteiger partial charge in [-0.1, -0.05) is 46.9 Å². The molecule has 9 heteroatoms. The molecule has 0 aromatic heterocycles. The van der Waals surface area contributed by atoms with Crippen molar-refractivity contribution in [3.63, 3.8) is 0 Å². The summed E-state index contributed by atoms with van der Waals surface area (Å²) in [5.41, 5.74) is 1.15. The zero-order valence-electron chi connectivity index (χ0n) is 13.5. The molecule has 4 rings (SSSR count). The molecule has 0 radical (unpaired) electrons. The zero-order valence-corrected chi connectivity index (χ0v) is 16.6. The monoisotopic (exact) mass is 441 g/mol. The number of ether oxygens (including phenoxy) is 2. The number of amides is 2. The van der Waals surface area contributed by atoms with E-state index in [0.29, 0.717) is 37.7 Å². The van der Waals surface area contributed by atoms with E-state index in [0.717, 1.165) is 16.7 Å². The van der Waals surface area contributed by atoms with Crippen LogP contribution in [0.3, 0.4) is 0 Å². The lowest BCUT2D eigenvalue weighted by Crippen LogP contribution is -2.27. The van der Waals surface area contributed by atoms with E-state index in [2.05, 4.69) is 0 Å². The molecule has 2 aliphatic rings. The van der Waals surface area contributed by atoms with E-state index >= 15 is 0 Å². The highest BCUT2D eigenvalue weighted by Gasteiger charge is 2.36. The molecule has 1 saturated heterocycles. The van der Waals surface area contributed by atoms with Gasteiger partial charge in [0.15, 0.2) is 11.5 Å². The second kappa shape index (κ2) is 7.28. The average Bonchev–Trinajstić information content (AvgIpc) is 3.18. The highest BCUT2D eigenvalue weighted by atomic mass is 35.5. The second-order valence-corrected chi connectivity index (χ2v) is 7.89. The molecule has 0 spiro atoms. The first kappa shape index (κ1) is 18.5. The molecule has 0 unspecified atom stereocenters. The topological polar surface area (TPSA) is 55.8 Å². The lowest BCUT2D eigenvalue weighted by molar-refractivity contribution is -0.123. The van der Waals surface area contributed by atoms with E-state index in [1.165, 1.54) is 0 Å². The Morgan fingerprint density at radius 1 is 1.07 bits per heavy atom. The normalized spacial score (nSPS) is 17.3. The predicted octanol–water partition coefficient (Wildman–Crippen LogP) is 5.61. The summed E-state index contributed by atoms with van der Waals surface area (Å²) >= 11 is 19.2. The Hall–Kier alpha value is -1.86. The molecule has 0 bridgehead atoms. The number of hydrogen-bond acceptors (Lipinski definition) is 5. The molecule has 0 saturated carbocycles. The van der Waals surface area contributed by atoms with Crippen LogP contribution in [0.1, 0.15) is 11.1 Å². The number of imide groups is 1. The maximum Gasteiger partial charge on any atom is 0.293 e. The number of fused-ring (bicyclic) bond motifs is 1. The minimum absolute atomic E-state index is 0.0285. The molecule has 0 N–H and O–H groups in total. The Labute approximate surface area is 173 Å². The molecule has 1 fully saturated rings. The van der Waals surface area contributed by atoms with Crippen molar-refractivity contribution in [2.24, 2.45) is 0 Å². The molecule has 2 aromatic rings. The van der Waals surface area contributed by atoms with Crippen LogP contribution in [0.15, 0.2) is 35.2 Å². The first-order valence-corrected chi connectivity index (χ1v) is 9.66. The first-order chi connectivity index (χ1) is 12.9. The molecule has 2 aromatic carbocycles. The van der Waals surface area contributed by atoms with Crippen molar-refractivity contribution in [1.82, 2.24) is 4.90 Å². The van der Waals surface area contributed by atoms with Gasteiger partial charge in [0.25, 0.3) is 11.1 Å². The molecule has 2 aliphatic heterocycles. The quantitative estimate of drug-likeness (QED) is 0.578. The van der Waals surface area contributed by atoms with Crippen molar-refractivity contribution >= 4 is 63.8 Å². The maximum absolute atomic E-state index is 12.7. The van der Waals surface area contributed by atoms with Crippen molar-refractivity contribution in [3.8, 4) is 11.5 Å². The van der Waals surface area contributed by atoms with Crippen molar-refractivity contribution in [1.29, 1.82) is 0 Å². The Balaban J connectivity index is 1.61. The maximum atomic E-state index is 12.7. The largest absolute Gasteiger partial charge is 0.454 e. The fraction of sp³-hybridized carbons (Fsp3) is 0.111. The fourth-order valence-electron chi connectivity index (χ4n) is 2.66. The van der Waals surface area contributed by atoms with Crippen molar-refractivity contribution in [2.45, 2.75) is 6.54 Å². The van der Waals surface area contributed by atoms with Crippen LogP contribution in [0.2, 0.25) is 15.1 Å². The highest BCUT2D eigenvalue weighted by Crippen LogP contribution is 2.40. The van der Waals surface area contributed by atoms with Gasteiger partial charge in [-0.3, -0.25) is 14.5 Å². The molecule has 2 amide bonds. The SMILES string of the molecule is O=C1S/C(=C/c2cccc(Cl)c2Cl)C(=O)N1Cc1cc2c(cc1Cl)OCO2. The number of rotatable bonds is 3. The summed E-state index contributed by atoms with van der Waals surface area (Å²) in [6.45, 7) is 0.139. The van der Waals surface area contributed by atoms with Gasteiger partial charge in [-0.2, -0.15) is 0 Å². The summed E-state index contributed by atoms with van der Waals surface area (Å²) in [6.07, 6.45) is 1.56. The molecule has 5 nitrogen and oxygen atoms in total. The van der Waals surface area contributed by atoms with Gasteiger partial charge in [0.2, 0.25) is 6.79 Å². The predicted molar refractivity (Wildman–Crippen MR) is 106 cm³/mol. The summed E-state index contributed by atoms with van der Waals surface area (Å²) < 4.78 is 10.6. The third kappa shape index (κ3) is 3.50. The second-order valence-electron chi connectivity index (χ2n) is 5.71. The summed E-state index contributed by atoms with van der Waals surface area (Å²) in [5, 5.41) is 0.694. The number of benzene rings is 2. The molecule has 2 heterocycles. The Morgan fingerprint density at radius 2 is 1.81 bits per heavy atom. The van der Waals surface area contributed by atoms with Gasteiger partial charge in [0.05, 0.1) is 21.5 Å². The Bertz CT molecular complexity index is 1010. The molecule has 138 valence electrons. The minimum atomic E-state index is -0.422. The van der Waals surface area contributed by atoms with Crippen LogP contribution in [-0.2, 0) is 11.3 Å². The number of carbonyl (C=O) groups is 2. The zero-order chi connectivity index (χ0) is 19.1. The van der Waals surface area contributed by atoms with E-state index in [1.807, 2.05) is 0 Å². The number of nitrogens with zero attached hydrogens (tertiary/aromatic N) is 1. The van der Waals surface area contributed by atoms with Crippen molar-refractivity contribution in [3.05, 3.63) is 61.4 Å². The molecular weight excluding hydrogens is 433 g/mol. The van der Waals surface area contributed by atoms with Crippen LogP contribution in [-0.4, -0.2) is 22.8 Å². The van der Waals surface area contributed by atoms with E-state index in [4.69, 9.17) is 44.3 Å². The smallest absolute Gasteiger partial charge is 0.293 e. The van der Waals surface area contributed by atoms with Gasteiger partial charge in [0.1, 0.15) is 0 Å². The van der Waals surface area contributed by atoms with Crippen molar-refractivity contribution < 1.29 is 19.1 Å². The van der Waals surface area contributed by atoms with Gasteiger partial charge in [-0.05, 0) is 41.1 Å². The molecule has 0 aliphatic carbocycles. The number of thioether (sulfide) groups is 1. The van der Waals surface area contributed by atoms with E-state index in [9.17, 15) is 9.59 Å². The van der Waals surface area contributed by atoms with E-state index in [1.54, 1.807) is 36.4 Å². The number of halogens is 3. The lowest BCUT2D eigenvalue weighted by atomic mass is 10.1. The fourth-order valence-corrected chi connectivity index (χ4v) is 4.07. The molecule has 0 atom stereocenters. The summed E-state index contributed by atoms with van der Waals surface area (Å²) in [5.74, 6) is 0.644. The van der Waals surface area contributed by atoms with Crippen LogP contribution < -0.4 is 9.47 Å². The van der Waals surface area contributed by atoms with E-state index in [-0.39, 0.29) is 18.2 Å². The van der Waals surface area contributed by atoms with Crippen molar-refractivity contribution in [2.75, 3.05) is 6.79 Å². The summed E-state index contributed by atoms with van der Waals surface area (Å²) in [6, 6.07) is 8.37. The van der Waals surface area contributed by atoms with Gasteiger partial charge in [0, 0.05) is 11.1 Å². The van der Waals surface area contributed by atoms with Gasteiger partial charge < -0.3 is 9.47 Å². The van der Waals surface area contributed by atoms with Crippen LogP contribution in [0, 0.1) is 0 Å². The van der Waals surface area contributed by atoms with Crippen LogP contribution in [0.25, 0.3) is 6.08 Å². The van der Waals surface area contributed by atoms with E-state index < -0.39 is 11.1 Å². The highest BCUT2D eigenvalue weighted by molar-refractivity contribution is 8.18. The summed E-state index contributed by atoms with van der Waals surface area (Å²) in [4.78, 5) is 26.5. The number of hydrogen-bond donors (Lipinski definition) is 0. The Morgan fingerprint density at radius 3 is 2.59 bits per heavy atom. The Kier molecular flexibility index (Phi) is 4.99. The minimum Gasteiger partial charge on any atom is -0.454 e. The standard InChI is InChI=1S/C18H10Cl3NO4S/c19-11-3-1-2-9(16(11)21)5-15-17(23)22(18(24)27-15)7-10-4-13-14(6-12(10)20)26-8-25-13/h1-6H,7-8H2/b15-5+. The summed E-state index contributed by atoms with van der Waals surface area (Å²) in [7, 11) is 0. The molecule has 27 heavy (non-hydrogen) atoms. The lowest BCUT2D eigenvalue weighted by Gasteiger charge is -2.14. The average molecular weight is 443 g/mol. The van der Waals surface area contributed by atoms with Crippen LogP contribution >= 0.6 is 46.6 Å². The molecular formula is C18H10Cl3NO4S. The van der Waals surface area contributed by atoms with Crippen LogP contribution in [0.5, 0.6) is 11.5 Å². The third-order valence-electron chi connectivity index (χ3n) is 4.01. The van der Waals surface area contributed by atoms with Crippen LogP contribution in [0.4, 0.5) is 4.79 Å². The van der Waals surface area contributed by atoms with Gasteiger partial charge in [-0.15, -0.1) is 0 Å². The first-order valence-electron chi connectivity index (χ1n) is 7.71. The third-order valence-corrected chi connectivity index (χ3v) is 6.10. The number of carbonyl (C=O) groups excluding carboxylic acids is 2.